The molecule has 1 fully saturated rings. The molecule has 1 aromatic rings. The number of aliphatic hydroxyl groups is 1. The second-order valence-electron chi connectivity index (χ2n) is 4.97. The first-order chi connectivity index (χ1) is 9.69. The van der Waals surface area contributed by atoms with Gasteiger partial charge in [0.25, 0.3) is 0 Å². The summed E-state index contributed by atoms with van der Waals surface area (Å²) >= 11 is 6.20. The third kappa shape index (κ3) is 2.99. The van der Waals surface area contributed by atoms with E-state index in [1.807, 2.05) is 12.1 Å². The quantitative estimate of drug-likeness (QED) is 0.344. The number of amidine groups is 1. The monoisotopic (exact) mass is 297 g/mol. The van der Waals surface area contributed by atoms with E-state index in [9.17, 15) is 5.11 Å². The maximum absolute atomic E-state index is 9.22. The van der Waals surface area contributed by atoms with Gasteiger partial charge in [-0.3, -0.25) is 0 Å². The van der Waals surface area contributed by atoms with Crippen LogP contribution in [0.1, 0.15) is 31.2 Å². The molecule has 1 aliphatic heterocycles. The molecular formula is C14H20ClN3O2. The first-order valence-corrected chi connectivity index (χ1v) is 7.20. The number of nitrogens with zero attached hydrogens (tertiary/aromatic N) is 2. The summed E-state index contributed by atoms with van der Waals surface area (Å²) in [5, 5.41) is 21.7. The van der Waals surface area contributed by atoms with E-state index in [-0.39, 0.29) is 18.5 Å². The van der Waals surface area contributed by atoms with Crippen molar-refractivity contribution in [1.29, 1.82) is 0 Å². The molecule has 0 spiro atoms. The van der Waals surface area contributed by atoms with E-state index in [1.165, 1.54) is 0 Å². The minimum Gasteiger partial charge on any atom is -0.409 e. The van der Waals surface area contributed by atoms with Crippen LogP contribution in [0.5, 0.6) is 0 Å². The Morgan fingerprint density at radius 1 is 1.45 bits per heavy atom. The maximum atomic E-state index is 9.22. The molecule has 0 aliphatic carbocycles. The molecular weight excluding hydrogens is 278 g/mol. The molecule has 0 saturated carbocycles. The summed E-state index contributed by atoms with van der Waals surface area (Å²) < 4.78 is 0. The molecule has 0 amide bonds. The Hall–Kier alpha value is -1.46. The van der Waals surface area contributed by atoms with Gasteiger partial charge in [-0.05, 0) is 37.8 Å². The fourth-order valence-corrected chi connectivity index (χ4v) is 3.09. The van der Waals surface area contributed by atoms with Crippen molar-refractivity contribution in [1.82, 2.24) is 0 Å². The van der Waals surface area contributed by atoms with Crippen LogP contribution in [0.25, 0.3) is 0 Å². The van der Waals surface area contributed by atoms with Crippen LogP contribution < -0.4 is 10.6 Å². The van der Waals surface area contributed by atoms with Crippen LogP contribution in [0.15, 0.2) is 23.4 Å². The second-order valence-corrected chi connectivity index (χ2v) is 5.38. The van der Waals surface area contributed by atoms with Crippen molar-refractivity contribution in [3.05, 3.63) is 28.8 Å². The number of halogens is 1. The lowest BCUT2D eigenvalue weighted by molar-refractivity contribution is 0.262. The van der Waals surface area contributed by atoms with Gasteiger partial charge in [0.15, 0.2) is 5.84 Å². The van der Waals surface area contributed by atoms with Gasteiger partial charge < -0.3 is 20.9 Å². The van der Waals surface area contributed by atoms with Gasteiger partial charge in [-0.2, -0.15) is 0 Å². The number of hydrogen-bond donors (Lipinski definition) is 3. The van der Waals surface area contributed by atoms with Crippen LogP contribution >= 0.6 is 11.6 Å². The third-order valence-electron chi connectivity index (χ3n) is 3.75. The van der Waals surface area contributed by atoms with Crippen molar-refractivity contribution in [3.8, 4) is 0 Å². The van der Waals surface area contributed by atoms with Gasteiger partial charge in [0, 0.05) is 24.9 Å². The minimum absolute atomic E-state index is 0.0129. The Bertz CT molecular complexity index is 491. The number of nitrogens with two attached hydrogens (primary N) is 1. The maximum Gasteiger partial charge on any atom is 0.173 e. The number of benzene rings is 1. The number of rotatable bonds is 4. The summed E-state index contributed by atoms with van der Waals surface area (Å²) in [6.45, 7) is 1.04. The fourth-order valence-electron chi connectivity index (χ4n) is 2.82. The Morgan fingerprint density at radius 2 is 2.25 bits per heavy atom. The van der Waals surface area contributed by atoms with Crippen LogP contribution in [0.4, 0.5) is 5.69 Å². The van der Waals surface area contributed by atoms with Crippen molar-refractivity contribution in [2.75, 3.05) is 18.1 Å². The number of hydrogen-bond acceptors (Lipinski definition) is 4. The van der Waals surface area contributed by atoms with Gasteiger partial charge >= 0.3 is 0 Å². The normalized spacial score (nSPS) is 20.2. The molecule has 1 heterocycles. The van der Waals surface area contributed by atoms with Gasteiger partial charge in [0.05, 0.1) is 10.6 Å². The van der Waals surface area contributed by atoms with Gasteiger partial charge in [-0.1, -0.05) is 22.8 Å². The molecule has 0 radical (unpaired) electrons. The third-order valence-corrected chi connectivity index (χ3v) is 4.07. The fraction of sp³-hybridized carbons (Fsp3) is 0.500. The van der Waals surface area contributed by atoms with E-state index in [4.69, 9.17) is 22.5 Å². The predicted molar refractivity (Wildman–Crippen MR) is 80.7 cm³/mol. The summed E-state index contributed by atoms with van der Waals surface area (Å²) in [7, 11) is 0. The predicted octanol–water partition coefficient (Wildman–Crippen LogP) is 2.18. The smallest absolute Gasteiger partial charge is 0.173 e. The number of oxime groups is 1. The highest BCUT2D eigenvalue weighted by molar-refractivity contribution is 6.34. The Labute approximate surface area is 123 Å². The summed E-state index contributed by atoms with van der Waals surface area (Å²) in [6.07, 6.45) is 3.98. The first-order valence-electron chi connectivity index (χ1n) is 6.83. The molecule has 4 N–H and O–H groups in total. The lowest BCUT2D eigenvalue weighted by atomic mass is 9.97. The van der Waals surface area contributed by atoms with Crippen LogP contribution in [0.2, 0.25) is 5.02 Å². The Kier molecular flexibility index (Phi) is 5.09. The first kappa shape index (κ1) is 14.9. The van der Waals surface area contributed by atoms with Crippen molar-refractivity contribution in [3.63, 3.8) is 0 Å². The van der Waals surface area contributed by atoms with Crippen molar-refractivity contribution < 1.29 is 10.3 Å². The van der Waals surface area contributed by atoms with Crippen LogP contribution in [0.3, 0.4) is 0 Å². The van der Waals surface area contributed by atoms with E-state index >= 15 is 0 Å². The molecule has 6 heteroatoms. The van der Waals surface area contributed by atoms with E-state index in [0.29, 0.717) is 17.0 Å². The highest BCUT2D eigenvalue weighted by Crippen LogP contribution is 2.32. The highest BCUT2D eigenvalue weighted by atomic mass is 35.5. The van der Waals surface area contributed by atoms with E-state index in [1.54, 1.807) is 6.07 Å². The van der Waals surface area contributed by atoms with Crippen molar-refractivity contribution in [2.45, 2.75) is 31.7 Å². The molecule has 1 atom stereocenters. The number of aliphatic hydroxyl groups excluding tert-OH is 1. The van der Waals surface area contributed by atoms with Gasteiger partial charge in [-0.15, -0.1) is 0 Å². The lowest BCUT2D eigenvalue weighted by Crippen LogP contribution is -2.41. The van der Waals surface area contributed by atoms with Crippen molar-refractivity contribution in [2.24, 2.45) is 10.9 Å². The average molecular weight is 298 g/mol. The topological polar surface area (TPSA) is 82.1 Å². The number of piperidine rings is 1. The molecule has 110 valence electrons. The largest absolute Gasteiger partial charge is 0.409 e. The van der Waals surface area contributed by atoms with E-state index in [0.717, 1.165) is 31.5 Å². The zero-order valence-corrected chi connectivity index (χ0v) is 12.1. The van der Waals surface area contributed by atoms with Gasteiger partial charge in [0.1, 0.15) is 0 Å². The molecule has 2 rings (SSSR count). The zero-order chi connectivity index (χ0) is 14.5. The Balaban J connectivity index is 2.42. The summed E-state index contributed by atoms with van der Waals surface area (Å²) in [5.41, 5.74) is 7.19. The molecule has 0 bridgehead atoms. The lowest BCUT2D eigenvalue weighted by Gasteiger charge is -2.38. The molecule has 5 nitrogen and oxygen atoms in total. The van der Waals surface area contributed by atoms with Crippen LogP contribution in [0, 0.1) is 0 Å². The molecule has 1 aromatic carbocycles. The summed E-state index contributed by atoms with van der Waals surface area (Å²) in [5.74, 6) is 0.0129. The van der Waals surface area contributed by atoms with Crippen LogP contribution in [-0.4, -0.2) is 35.3 Å². The molecule has 0 aromatic heterocycles. The average Bonchev–Trinajstić information content (AvgIpc) is 2.47. The van der Waals surface area contributed by atoms with Crippen molar-refractivity contribution >= 4 is 23.1 Å². The molecule has 20 heavy (non-hydrogen) atoms. The van der Waals surface area contributed by atoms with Gasteiger partial charge in [0.2, 0.25) is 0 Å². The standard InChI is InChI=1S/C14H20ClN3O2/c15-11-5-3-6-12(13(11)14(16)17-20)18-8-2-1-4-10(18)7-9-19/h3,5-6,10,19-20H,1-2,4,7-9H2,(H2,16,17). The molecule has 1 saturated heterocycles. The highest BCUT2D eigenvalue weighted by Gasteiger charge is 2.25. The molecule has 1 unspecified atom stereocenters. The van der Waals surface area contributed by atoms with Gasteiger partial charge in [-0.25, -0.2) is 0 Å². The SMILES string of the molecule is NC(=NO)c1c(Cl)cccc1N1CCCCC1CCO. The Morgan fingerprint density at radius 3 is 2.95 bits per heavy atom. The summed E-state index contributed by atoms with van der Waals surface area (Å²) in [4.78, 5) is 2.21. The van der Waals surface area contributed by atoms with Crippen LogP contribution in [-0.2, 0) is 0 Å². The summed E-state index contributed by atoms with van der Waals surface area (Å²) in [6, 6.07) is 5.77. The minimum atomic E-state index is 0.0129. The zero-order valence-electron chi connectivity index (χ0n) is 11.3. The van der Waals surface area contributed by atoms with E-state index in [2.05, 4.69) is 10.1 Å². The molecule has 1 aliphatic rings. The number of anilines is 1. The van der Waals surface area contributed by atoms with E-state index < -0.39 is 0 Å². The second kappa shape index (κ2) is 6.81.